The van der Waals surface area contributed by atoms with Crippen molar-refractivity contribution < 1.29 is 28.5 Å². The van der Waals surface area contributed by atoms with Gasteiger partial charge in [0, 0.05) is 42.9 Å². The van der Waals surface area contributed by atoms with Crippen molar-refractivity contribution in [2.45, 2.75) is 32.3 Å². The molecule has 2 aromatic rings. The second-order valence-corrected chi connectivity index (χ2v) is 7.40. The molecule has 11 heteroatoms. The van der Waals surface area contributed by atoms with Crippen molar-refractivity contribution in [3.8, 4) is 17.2 Å². The predicted molar refractivity (Wildman–Crippen MR) is 134 cm³/mol. The number of anilines is 1. The number of rotatable bonds is 13. The lowest BCUT2D eigenvalue weighted by atomic mass is 10.2. The number of benzene rings is 2. The number of amides is 2. The minimum Gasteiger partial charge on any atom is -0.493 e. The summed E-state index contributed by atoms with van der Waals surface area (Å²) in [6.07, 6.45) is 2.51. The van der Waals surface area contributed by atoms with Gasteiger partial charge in [0.15, 0.2) is 11.5 Å². The Morgan fingerprint density at radius 1 is 0.941 bits per heavy atom. The molecule has 0 aliphatic carbocycles. The van der Waals surface area contributed by atoms with Crippen LogP contribution in [0.15, 0.2) is 42.5 Å². The van der Waals surface area contributed by atoms with Gasteiger partial charge in [0.1, 0.15) is 6.61 Å². The third-order valence-electron chi connectivity index (χ3n) is 4.44. The standard InChI is InChI=1S/C15H25N3O4S.C8H9NO2/c1-20-12-9-11(10-13(21-2)15(12)22-3)18-14(19)7-5-4-6-8-17-23-16;9-8(10)11-6-7-4-2-1-3-5-7/h9-10,17H,4-8,16H2,1-3H3,(H,18,19);1-5H,6H2,(H2,9,10). The second-order valence-electron chi connectivity index (χ2n) is 6.88. The Balaban J connectivity index is 0.000000437. The normalized spacial score (nSPS) is 9.88. The second kappa shape index (κ2) is 17.3. The summed E-state index contributed by atoms with van der Waals surface area (Å²) in [4.78, 5) is 22.2. The third-order valence-corrected chi connectivity index (χ3v) is 4.81. The molecule has 0 spiro atoms. The van der Waals surface area contributed by atoms with Crippen LogP contribution >= 0.6 is 12.1 Å². The molecule has 188 valence electrons. The minimum atomic E-state index is -0.742. The third kappa shape index (κ3) is 11.6. The van der Waals surface area contributed by atoms with Gasteiger partial charge in [0.05, 0.1) is 21.3 Å². The number of nitrogens with one attached hydrogen (secondary N) is 2. The van der Waals surface area contributed by atoms with Gasteiger partial charge in [-0.1, -0.05) is 36.8 Å². The average Bonchev–Trinajstić information content (AvgIpc) is 2.85. The van der Waals surface area contributed by atoms with Crippen molar-refractivity contribution in [3.05, 3.63) is 48.0 Å². The zero-order chi connectivity index (χ0) is 25.2. The Labute approximate surface area is 204 Å². The van der Waals surface area contributed by atoms with Crippen LogP contribution in [0.2, 0.25) is 0 Å². The summed E-state index contributed by atoms with van der Waals surface area (Å²) >= 11 is 1.11. The van der Waals surface area contributed by atoms with Crippen molar-refractivity contribution in [2.75, 3.05) is 33.2 Å². The lowest BCUT2D eigenvalue weighted by Crippen LogP contribution is -2.12. The van der Waals surface area contributed by atoms with E-state index < -0.39 is 6.09 Å². The van der Waals surface area contributed by atoms with Gasteiger partial charge in [-0.25, -0.2) is 4.79 Å². The molecule has 0 fully saturated rings. The number of unbranched alkanes of at least 4 members (excludes halogenated alkanes) is 2. The van der Waals surface area contributed by atoms with Gasteiger partial charge in [-0.15, -0.1) is 0 Å². The Morgan fingerprint density at radius 3 is 2.12 bits per heavy atom. The zero-order valence-corrected chi connectivity index (χ0v) is 20.6. The molecule has 0 saturated carbocycles. The number of primary amides is 1. The van der Waals surface area contributed by atoms with Crippen molar-refractivity contribution in [1.82, 2.24) is 4.72 Å². The molecule has 2 amide bonds. The summed E-state index contributed by atoms with van der Waals surface area (Å²) < 4.78 is 23.3. The Bertz CT molecular complexity index is 845. The van der Waals surface area contributed by atoms with Crippen LogP contribution < -0.4 is 35.1 Å². The molecule has 6 N–H and O–H groups in total. The van der Waals surface area contributed by atoms with Crippen LogP contribution in [0.5, 0.6) is 17.2 Å². The zero-order valence-electron chi connectivity index (χ0n) is 19.8. The molecule has 2 rings (SSSR count). The van der Waals surface area contributed by atoms with E-state index in [1.807, 2.05) is 30.3 Å². The van der Waals surface area contributed by atoms with E-state index >= 15 is 0 Å². The molecule has 0 aromatic heterocycles. The van der Waals surface area contributed by atoms with Crippen molar-refractivity contribution >= 4 is 29.8 Å². The number of ether oxygens (including phenoxy) is 4. The van der Waals surface area contributed by atoms with Crippen molar-refractivity contribution in [3.63, 3.8) is 0 Å². The number of hydrogen-bond donors (Lipinski definition) is 4. The highest BCUT2D eigenvalue weighted by Gasteiger charge is 2.14. The Kier molecular flexibility index (Phi) is 14.7. The number of carbonyl (C=O) groups excluding carboxylic acids is 2. The lowest BCUT2D eigenvalue weighted by Gasteiger charge is -2.14. The van der Waals surface area contributed by atoms with E-state index in [4.69, 9.17) is 25.1 Å². The number of nitrogens with two attached hydrogens (primary N) is 2. The molecular formula is C23H34N4O6S. The van der Waals surface area contributed by atoms with Crippen LogP contribution in [-0.4, -0.2) is 39.9 Å². The van der Waals surface area contributed by atoms with Gasteiger partial charge in [-0.2, -0.15) is 0 Å². The van der Waals surface area contributed by atoms with Gasteiger partial charge >= 0.3 is 6.09 Å². The average molecular weight is 495 g/mol. The highest BCUT2D eigenvalue weighted by atomic mass is 32.2. The fourth-order valence-corrected chi connectivity index (χ4v) is 3.09. The summed E-state index contributed by atoms with van der Waals surface area (Å²) in [6.45, 7) is 1.09. The molecule has 10 nitrogen and oxygen atoms in total. The fourth-order valence-electron chi connectivity index (χ4n) is 2.82. The van der Waals surface area contributed by atoms with Gasteiger partial charge in [0.25, 0.3) is 0 Å². The number of hydrogen-bond acceptors (Lipinski definition) is 9. The van der Waals surface area contributed by atoms with Crippen LogP contribution in [0.1, 0.15) is 31.2 Å². The van der Waals surface area contributed by atoms with Gasteiger partial charge in [-0.05, 0) is 18.4 Å². The smallest absolute Gasteiger partial charge is 0.404 e. The first kappa shape index (κ1) is 28.9. The van der Waals surface area contributed by atoms with Crippen molar-refractivity contribution in [2.24, 2.45) is 10.9 Å². The molecule has 0 radical (unpaired) electrons. The molecule has 0 atom stereocenters. The highest BCUT2D eigenvalue weighted by Crippen LogP contribution is 2.39. The van der Waals surface area contributed by atoms with Crippen molar-refractivity contribution in [1.29, 1.82) is 0 Å². The van der Waals surface area contributed by atoms with E-state index in [0.29, 0.717) is 29.4 Å². The number of methoxy groups -OCH3 is 3. The van der Waals surface area contributed by atoms with E-state index in [2.05, 4.69) is 14.8 Å². The van der Waals surface area contributed by atoms with E-state index in [1.54, 1.807) is 12.1 Å². The molecule has 0 bridgehead atoms. The molecule has 0 aliphatic heterocycles. The largest absolute Gasteiger partial charge is 0.493 e. The maximum Gasteiger partial charge on any atom is 0.404 e. The molecule has 0 unspecified atom stereocenters. The topological polar surface area (TPSA) is 147 Å². The molecule has 2 aromatic carbocycles. The van der Waals surface area contributed by atoms with Crippen LogP contribution in [0.25, 0.3) is 0 Å². The SMILES string of the molecule is COc1cc(NC(=O)CCCCCNSN)cc(OC)c1OC.NC(=O)OCc1ccccc1. The summed E-state index contributed by atoms with van der Waals surface area (Å²) in [5.74, 6) is 1.47. The van der Waals surface area contributed by atoms with Gasteiger partial charge in [0.2, 0.25) is 11.7 Å². The summed E-state index contributed by atoms with van der Waals surface area (Å²) in [7, 11) is 4.61. The first-order valence-electron chi connectivity index (χ1n) is 10.6. The van der Waals surface area contributed by atoms with Gasteiger partial charge in [-0.3, -0.25) is 14.7 Å². The lowest BCUT2D eigenvalue weighted by molar-refractivity contribution is -0.116. The predicted octanol–water partition coefficient (Wildman–Crippen LogP) is 3.60. The van der Waals surface area contributed by atoms with Crippen LogP contribution in [-0.2, 0) is 16.1 Å². The first-order chi connectivity index (χ1) is 16.4. The van der Waals surface area contributed by atoms with E-state index in [-0.39, 0.29) is 12.5 Å². The maximum absolute atomic E-state index is 12.0. The fraction of sp³-hybridized carbons (Fsp3) is 0.391. The highest BCUT2D eigenvalue weighted by molar-refractivity contribution is 7.95. The Hall–Kier alpha value is -3.15. The van der Waals surface area contributed by atoms with Gasteiger partial charge < -0.3 is 30.0 Å². The van der Waals surface area contributed by atoms with Crippen LogP contribution in [0.4, 0.5) is 10.5 Å². The van der Waals surface area contributed by atoms with E-state index in [9.17, 15) is 9.59 Å². The monoisotopic (exact) mass is 494 g/mol. The summed E-state index contributed by atoms with van der Waals surface area (Å²) in [6, 6.07) is 12.8. The first-order valence-corrected chi connectivity index (χ1v) is 11.5. The Morgan fingerprint density at radius 2 is 1.59 bits per heavy atom. The quantitative estimate of drug-likeness (QED) is 0.242. The molecule has 34 heavy (non-hydrogen) atoms. The maximum atomic E-state index is 12.0. The molecule has 0 aliphatic rings. The summed E-state index contributed by atoms with van der Waals surface area (Å²) in [5, 5.41) is 8.11. The number of carbonyl (C=O) groups is 2. The van der Waals surface area contributed by atoms with E-state index in [1.165, 1.54) is 21.3 Å². The molecular weight excluding hydrogens is 460 g/mol. The minimum absolute atomic E-state index is 0.0413. The van der Waals surface area contributed by atoms with Crippen LogP contribution in [0.3, 0.4) is 0 Å². The molecule has 0 saturated heterocycles. The molecule has 0 heterocycles. The summed E-state index contributed by atoms with van der Waals surface area (Å²) in [5.41, 5.74) is 6.33. The van der Waals surface area contributed by atoms with Crippen LogP contribution in [0, 0.1) is 0 Å². The van der Waals surface area contributed by atoms with E-state index in [0.717, 1.165) is 43.5 Å².